The van der Waals surface area contributed by atoms with Crippen molar-refractivity contribution in [3.05, 3.63) is 55.0 Å². The van der Waals surface area contributed by atoms with E-state index >= 15 is 0 Å². The summed E-state index contributed by atoms with van der Waals surface area (Å²) in [5.41, 5.74) is 10.4. The van der Waals surface area contributed by atoms with Gasteiger partial charge in [-0.1, -0.05) is 0 Å². The summed E-state index contributed by atoms with van der Waals surface area (Å²) >= 11 is 0. The number of carbonyl (C=O) groups is 1. The average Bonchev–Trinajstić information content (AvgIpc) is 3.28. The van der Waals surface area contributed by atoms with Gasteiger partial charge in [0.05, 0.1) is 47.9 Å². The lowest BCUT2D eigenvalue weighted by Crippen LogP contribution is -2.41. The van der Waals surface area contributed by atoms with E-state index in [0.717, 1.165) is 59.7 Å². The summed E-state index contributed by atoms with van der Waals surface area (Å²) in [5.74, 6) is 0.278. The minimum atomic E-state index is -0.324. The molecular weight excluding hydrogens is 444 g/mol. The SMILES string of the molecule is Cc1cnc(N[C@H]2CC[C@H](NCC(N)=O)CC2)nc1-c1cnc2ccc(Nc3cncnc3)cn12. The van der Waals surface area contributed by atoms with Crippen LogP contribution in [0.15, 0.2) is 49.4 Å². The number of pyridine rings is 1. The number of aryl methyl sites for hydroxylation is 1. The largest absolute Gasteiger partial charge is 0.369 e. The van der Waals surface area contributed by atoms with E-state index in [1.165, 1.54) is 6.33 Å². The van der Waals surface area contributed by atoms with E-state index < -0.39 is 0 Å². The molecule has 1 aliphatic carbocycles. The van der Waals surface area contributed by atoms with Gasteiger partial charge in [0.1, 0.15) is 12.0 Å². The first kappa shape index (κ1) is 22.7. The lowest BCUT2D eigenvalue weighted by Gasteiger charge is -2.29. The maximum atomic E-state index is 11.0. The number of amides is 1. The van der Waals surface area contributed by atoms with Gasteiger partial charge in [-0.25, -0.2) is 24.9 Å². The van der Waals surface area contributed by atoms with Crippen LogP contribution in [0.5, 0.6) is 0 Å². The molecule has 5 N–H and O–H groups in total. The highest BCUT2D eigenvalue weighted by molar-refractivity contribution is 5.75. The van der Waals surface area contributed by atoms with E-state index in [9.17, 15) is 4.79 Å². The van der Waals surface area contributed by atoms with Crippen molar-refractivity contribution >= 4 is 28.9 Å². The van der Waals surface area contributed by atoms with Gasteiger partial charge in [-0.15, -0.1) is 0 Å². The smallest absolute Gasteiger partial charge is 0.231 e. The van der Waals surface area contributed by atoms with Crippen molar-refractivity contribution in [2.45, 2.75) is 44.7 Å². The number of imidazole rings is 1. The lowest BCUT2D eigenvalue weighted by atomic mass is 9.91. The van der Waals surface area contributed by atoms with E-state index in [1.54, 1.807) is 12.4 Å². The van der Waals surface area contributed by atoms with Crippen LogP contribution in [0.1, 0.15) is 31.2 Å². The zero-order valence-corrected chi connectivity index (χ0v) is 19.5. The second-order valence-corrected chi connectivity index (χ2v) is 8.81. The molecule has 0 radical (unpaired) electrons. The Morgan fingerprint density at radius 3 is 2.57 bits per heavy atom. The second-order valence-electron chi connectivity index (χ2n) is 8.81. The topological polar surface area (TPSA) is 148 Å². The molecule has 0 aromatic carbocycles. The average molecular weight is 473 g/mol. The zero-order chi connectivity index (χ0) is 24.2. The van der Waals surface area contributed by atoms with Crippen LogP contribution >= 0.6 is 0 Å². The number of hydrogen-bond donors (Lipinski definition) is 4. The van der Waals surface area contributed by atoms with E-state index in [0.29, 0.717) is 12.0 Å². The molecular formula is C24H28N10O. The molecule has 35 heavy (non-hydrogen) atoms. The van der Waals surface area contributed by atoms with Crippen molar-refractivity contribution < 1.29 is 4.79 Å². The fourth-order valence-corrected chi connectivity index (χ4v) is 4.40. The van der Waals surface area contributed by atoms with Crippen LogP contribution in [0.3, 0.4) is 0 Å². The number of rotatable bonds is 8. The predicted octanol–water partition coefficient (Wildman–Crippen LogP) is 2.43. The molecule has 5 rings (SSSR count). The van der Waals surface area contributed by atoms with Gasteiger partial charge in [-0.2, -0.15) is 0 Å². The molecule has 1 aliphatic rings. The number of carbonyl (C=O) groups excluding carboxylic acids is 1. The number of aromatic nitrogens is 6. The Balaban J connectivity index is 1.33. The summed E-state index contributed by atoms with van der Waals surface area (Å²) in [6.07, 6.45) is 14.5. The standard InChI is InChI=1S/C24H28N10O/c1-15-8-30-24(32-17-4-2-16(3-5-17)28-12-21(25)35)33-23(15)20-11-29-22-7-6-18(13-34(20)22)31-19-9-26-14-27-10-19/h6-11,13-14,16-17,28,31H,2-5,12H2,1H3,(H2,25,35)(H,30,32,33)/t16-,17-. The van der Waals surface area contributed by atoms with Crippen molar-refractivity contribution in [3.63, 3.8) is 0 Å². The summed E-state index contributed by atoms with van der Waals surface area (Å²) < 4.78 is 2.01. The predicted molar refractivity (Wildman–Crippen MR) is 133 cm³/mol. The maximum absolute atomic E-state index is 11.0. The fraction of sp³-hybridized carbons (Fsp3) is 0.333. The maximum Gasteiger partial charge on any atom is 0.231 e. The van der Waals surface area contributed by atoms with Gasteiger partial charge in [0, 0.05) is 24.5 Å². The van der Waals surface area contributed by atoms with Gasteiger partial charge in [-0.05, 0) is 50.3 Å². The number of nitrogens with zero attached hydrogens (tertiary/aromatic N) is 6. The van der Waals surface area contributed by atoms with Crippen molar-refractivity contribution in [3.8, 4) is 11.4 Å². The number of hydrogen-bond acceptors (Lipinski definition) is 9. The fourth-order valence-electron chi connectivity index (χ4n) is 4.40. The van der Waals surface area contributed by atoms with Crippen LogP contribution in [-0.4, -0.2) is 53.9 Å². The molecule has 11 heteroatoms. The number of nitrogens with two attached hydrogens (primary N) is 1. The number of primary amides is 1. The van der Waals surface area contributed by atoms with Gasteiger partial charge in [-0.3, -0.25) is 9.20 Å². The van der Waals surface area contributed by atoms with Crippen molar-refractivity contribution in [2.24, 2.45) is 5.73 Å². The first-order chi connectivity index (χ1) is 17.0. The minimum absolute atomic E-state index is 0.225. The quantitative estimate of drug-likeness (QED) is 0.303. The van der Waals surface area contributed by atoms with Crippen LogP contribution in [0.2, 0.25) is 0 Å². The highest BCUT2D eigenvalue weighted by Gasteiger charge is 2.22. The minimum Gasteiger partial charge on any atom is -0.369 e. The molecule has 0 aliphatic heterocycles. The van der Waals surface area contributed by atoms with Crippen LogP contribution < -0.4 is 21.7 Å². The van der Waals surface area contributed by atoms with E-state index in [-0.39, 0.29) is 18.5 Å². The van der Waals surface area contributed by atoms with Crippen molar-refractivity contribution in [1.82, 2.24) is 34.6 Å². The Bertz CT molecular complexity index is 1310. The van der Waals surface area contributed by atoms with Crippen molar-refractivity contribution in [1.29, 1.82) is 0 Å². The molecule has 4 aromatic heterocycles. The Hall–Kier alpha value is -4.12. The monoisotopic (exact) mass is 472 g/mol. The van der Waals surface area contributed by atoms with Crippen molar-refractivity contribution in [2.75, 3.05) is 17.2 Å². The molecule has 180 valence electrons. The van der Waals surface area contributed by atoms with Gasteiger partial charge >= 0.3 is 0 Å². The first-order valence-electron chi connectivity index (χ1n) is 11.7. The number of fused-ring (bicyclic) bond motifs is 1. The third-order valence-corrected chi connectivity index (χ3v) is 6.19. The zero-order valence-electron chi connectivity index (χ0n) is 19.5. The Labute approximate surface area is 202 Å². The summed E-state index contributed by atoms with van der Waals surface area (Å²) in [5, 5.41) is 10.0. The Kier molecular flexibility index (Phi) is 6.49. The van der Waals surface area contributed by atoms with E-state index in [1.807, 2.05) is 42.0 Å². The summed E-state index contributed by atoms with van der Waals surface area (Å²) in [6, 6.07) is 4.52. The molecule has 4 aromatic rings. The highest BCUT2D eigenvalue weighted by atomic mass is 16.1. The third-order valence-electron chi connectivity index (χ3n) is 6.19. The van der Waals surface area contributed by atoms with Gasteiger partial charge in [0.15, 0.2) is 0 Å². The van der Waals surface area contributed by atoms with Gasteiger partial charge in [0.25, 0.3) is 0 Å². The molecule has 0 saturated heterocycles. The number of nitrogens with one attached hydrogen (secondary N) is 3. The molecule has 11 nitrogen and oxygen atoms in total. The Morgan fingerprint density at radius 2 is 1.80 bits per heavy atom. The molecule has 4 heterocycles. The molecule has 1 amide bonds. The van der Waals surface area contributed by atoms with Crippen LogP contribution in [0, 0.1) is 6.92 Å². The van der Waals surface area contributed by atoms with Crippen LogP contribution in [0.25, 0.3) is 17.0 Å². The molecule has 0 bridgehead atoms. The van der Waals surface area contributed by atoms with Gasteiger partial charge in [0.2, 0.25) is 11.9 Å². The summed E-state index contributed by atoms with van der Waals surface area (Å²) in [6.45, 7) is 2.22. The van der Waals surface area contributed by atoms with Gasteiger partial charge < -0.3 is 21.7 Å². The summed E-state index contributed by atoms with van der Waals surface area (Å²) in [7, 11) is 0. The lowest BCUT2D eigenvalue weighted by molar-refractivity contribution is -0.117. The molecule has 1 fully saturated rings. The third kappa shape index (κ3) is 5.35. The second kappa shape index (κ2) is 10.0. The number of anilines is 3. The molecule has 0 spiro atoms. The normalized spacial score (nSPS) is 17.9. The van der Waals surface area contributed by atoms with Crippen LogP contribution in [-0.2, 0) is 4.79 Å². The first-order valence-corrected chi connectivity index (χ1v) is 11.7. The van der Waals surface area contributed by atoms with Crippen LogP contribution in [0.4, 0.5) is 17.3 Å². The van der Waals surface area contributed by atoms with E-state index in [2.05, 4.69) is 35.9 Å². The molecule has 1 saturated carbocycles. The molecule has 0 unspecified atom stereocenters. The highest BCUT2D eigenvalue weighted by Crippen LogP contribution is 2.27. The van der Waals surface area contributed by atoms with E-state index in [4.69, 9.17) is 10.7 Å². The summed E-state index contributed by atoms with van der Waals surface area (Å²) in [4.78, 5) is 33.0. The molecule has 0 atom stereocenters. The Morgan fingerprint density at radius 1 is 1.03 bits per heavy atom.